The summed E-state index contributed by atoms with van der Waals surface area (Å²) in [5.74, 6) is 0. The van der Waals surface area contributed by atoms with Crippen molar-refractivity contribution < 1.29 is 9.32 Å². The van der Waals surface area contributed by atoms with E-state index in [0.717, 1.165) is 31.6 Å². The Morgan fingerprint density at radius 3 is 2.68 bits per heavy atom. The van der Waals surface area contributed by atoms with Gasteiger partial charge in [-0.3, -0.25) is 4.79 Å². The zero-order valence-corrected chi connectivity index (χ0v) is 12.3. The molecule has 3 heteroatoms. The zero-order chi connectivity index (χ0) is 14.9. The molecule has 1 aromatic heterocycles. The van der Waals surface area contributed by atoms with E-state index in [1.165, 1.54) is 16.0 Å². The summed E-state index contributed by atoms with van der Waals surface area (Å²) >= 11 is 0. The topological polar surface area (TPSA) is 34.7 Å². The van der Waals surface area contributed by atoms with Crippen LogP contribution in [0.25, 0.3) is 11.0 Å². The van der Waals surface area contributed by atoms with E-state index in [-0.39, 0.29) is 5.43 Å². The highest BCUT2D eigenvalue weighted by Gasteiger charge is 2.20. The van der Waals surface area contributed by atoms with Crippen molar-refractivity contribution in [1.82, 2.24) is 0 Å². The standard InChI is InChI=1S/C19H17NO2/c21-19-16(13-22-18-8-4-3-7-17(18)19)12-20-10-9-14-5-1-2-6-15(14)11-20/h1-8,13H,9-12H2/p+1. The normalized spacial score (nSPS) is 17.4. The van der Waals surface area contributed by atoms with Crippen molar-refractivity contribution in [1.29, 1.82) is 0 Å². The molecule has 4 rings (SSSR count). The third-order valence-corrected chi connectivity index (χ3v) is 4.50. The van der Waals surface area contributed by atoms with E-state index in [1.54, 1.807) is 6.26 Å². The zero-order valence-electron chi connectivity index (χ0n) is 12.3. The molecule has 2 heterocycles. The lowest BCUT2D eigenvalue weighted by molar-refractivity contribution is -0.929. The molecule has 0 fully saturated rings. The number of para-hydroxylation sites is 1. The van der Waals surface area contributed by atoms with Gasteiger partial charge in [0.05, 0.1) is 17.5 Å². The molecule has 0 saturated carbocycles. The highest BCUT2D eigenvalue weighted by Crippen LogP contribution is 2.12. The van der Waals surface area contributed by atoms with Gasteiger partial charge < -0.3 is 9.32 Å². The minimum absolute atomic E-state index is 0.105. The van der Waals surface area contributed by atoms with Crippen LogP contribution >= 0.6 is 0 Å². The summed E-state index contributed by atoms with van der Waals surface area (Å²) in [4.78, 5) is 14.0. The van der Waals surface area contributed by atoms with Crippen LogP contribution in [-0.2, 0) is 19.5 Å². The van der Waals surface area contributed by atoms with Crippen LogP contribution in [0.3, 0.4) is 0 Å². The number of benzene rings is 2. The first-order valence-electron chi connectivity index (χ1n) is 7.71. The summed E-state index contributed by atoms with van der Waals surface area (Å²) in [6, 6.07) is 16.0. The SMILES string of the molecule is O=c1c(C[NH+]2CCc3ccccc3C2)coc2ccccc12. The fourth-order valence-corrected chi connectivity index (χ4v) is 3.30. The molecule has 0 bridgehead atoms. The predicted molar refractivity (Wildman–Crippen MR) is 85.9 cm³/mol. The molecule has 1 atom stereocenters. The quantitative estimate of drug-likeness (QED) is 0.783. The molecule has 22 heavy (non-hydrogen) atoms. The van der Waals surface area contributed by atoms with Gasteiger partial charge in [-0.25, -0.2) is 0 Å². The van der Waals surface area contributed by atoms with Gasteiger partial charge in [0, 0.05) is 12.0 Å². The Morgan fingerprint density at radius 1 is 1.00 bits per heavy atom. The number of hydrogen-bond donors (Lipinski definition) is 1. The largest absolute Gasteiger partial charge is 0.464 e. The van der Waals surface area contributed by atoms with Crippen molar-refractivity contribution in [3.8, 4) is 0 Å². The van der Waals surface area contributed by atoms with E-state index in [0.29, 0.717) is 11.0 Å². The van der Waals surface area contributed by atoms with Gasteiger partial charge in [-0.05, 0) is 17.7 Å². The van der Waals surface area contributed by atoms with Crippen LogP contribution in [0.15, 0.2) is 64.0 Å². The lowest BCUT2D eigenvalue weighted by Gasteiger charge is -2.25. The maximum atomic E-state index is 12.6. The van der Waals surface area contributed by atoms with Crippen molar-refractivity contribution in [2.24, 2.45) is 0 Å². The Morgan fingerprint density at radius 2 is 1.77 bits per heavy atom. The molecular weight excluding hydrogens is 274 g/mol. The van der Waals surface area contributed by atoms with Crippen molar-refractivity contribution in [3.63, 3.8) is 0 Å². The molecule has 1 aliphatic rings. The smallest absolute Gasteiger partial charge is 0.201 e. The third kappa shape index (κ3) is 2.34. The van der Waals surface area contributed by atoms with Crippen LogP contribution in [-0.4, -0.2) is 6.54 Å². The molecular formula is C19H18NO2+. The van der Waals surface area contributed by atoms with Crippen molar-refractivity contribution in [2.45, 2.75) is 19.5 Å². The molecule has 2 aromatic carbocycles. The molecule has 0 radical (unpaired) electrons. The molecule has 1 unspecified atom stereocenters. The highest BCUT2D eigenvalue weighted by atomic mass is 16.3. The van der Waals surface area contributed by atoms with Crippen molar-refractivity contribution >= 4 is 11.0 Å². The molecule has 0 aliphatic carbocycles. The second kappa shape index (κ2) is 5.43. The third-order valence-electron chi connectivity index (χ3n) is 4.50. The molecule has 0 amide bonds. The van der Waals surface area contributed by atoms with Crippen LogP contribution in [0.1, 0.15) is 16.7 Å². The summed E-state index contributed by atoms with van der Waals surface area (Å²) in [7, 11) is 0. The van der Waals surface area contributed by atoms with Gasteiger partial charge in [0.25, 0.3) is 0 Å². The Bertz CT molecular complexity index is 882. The van der Waals surface area contributed by atoms with Crippen LogP contribution in [0.2, 0.25) is 0 Å². The van der Waals surface area contributed by atoms with Crippen molar-refractivity contribution in [3.05, 3.63) is 81.7 Å². The van der Waals surface area contributed by atoms with Gasteiger partial charge in [-0.2, -0.15) is 0 Å². The monoisotopic (exact) mass is 292 g/mol. The van der Waals surface area contributed by atoms with Crippen LogP contribution < -0.4 is 10.3 Å². The van der Waals surface area contributed by atoms with Crippen molar-refractivity contribution in [2.75, 3.05) is 6.54 Å². The van der Waals surface area contributed by atoms with Gasteiger partial charge in [-0.15, -0.1) is 0 Å². The molecule has 3 aromatic rings. The van der Waals surface area contributed by atoms with Crippen LogP contribution in [0.4, 0.5) is 0 Å². The number of rotatable bonds is 2. The van der Waals surface area contributed by atoms with Gasteiger partial charge >= 0.3 is 0 Å². The maximum Gasteiger partial charge on any atom is 0.201 e. The average Bonchev–Trinajstić information content (AvgIpc) is 2.57. The summed E-state index contributed by atoms with van der Waals surface area (Å²) in [6.45, 7) is 2.76. The molecule has 3 nitrogen and oxygen atoms in total. The van der Waals surface area contributed by atoms with E-state index < -0.39 is 0 Å². The molecule has 1 aliphatic heterocycles. The van der Waals surface area contributed by atoms with E-state index >= 15 is 0 Å². The number of nitrogens with one attached hydrogen (secondary N) is 1. The lowest BCUT2D eigenvalue weighted by atomic mass is 9.99. The molecule has 0 spiro atoms. The van der Waals surface area contributed by atoms with Gasteiger partial charge in [-0.1, -0.05) is 36.4 Å². The molecule has 1 N–H and O–H groups in total. The van der Waals surface area contributed by atoms with Crippen LogP contribution in [0.5, 0.6) is 0 Å². The minimum Gasteiger partial charge on any atom is -0.464 e. The molecule has 110 valence electrons. The number of hydrogen-bond acceptors (Lipinski definition) is 2. The van der Waals surface area contributed by atoms with Gasteiger partial charge in [0.2, 0.25) is 5.43 Å². The summed E-state index contributed by atoms with van der Waals surface area (Å²) in [5.41, 5.74) is 4.38. The number of quaternary nitrogens is 1. The Hall–Kier alpha value is -2.39. The number of fused-ring (bicyclic) bond motifs is 2. The van der Waals surface area contributed by atoms with E-state index in [4.69, 9.17) is 4.42 Å². The Balaban J connectivity index is 1.62. The average molecular weight is 292 g/mol. The second-order valence-corrected chi connectivity index (χ2v) is 5.96. The first-order chi connectivity index (χ1) is 10.8. The molecule has 0 saturated heterocycles. The summed E-state index contributed by atoms with van der Waals surface area (Å²) in [5, 5.41) is 0.678. The van der Waals surface area contributed by atoms with E-state index in [1.807, 2.05) is 24.3 Å². The minimum atomic E-state index is 0.105. The van der Waals surface area contributed by atoms with E-state index in [9.17, 15) is 4.79 Å². The Kier molecular flexibility index (Phi) is 3.28. The predicted octanol–water partition coefficient (Wildman–Crippen LogP) is 1.93. The maximum absolute atomic E-state index is 12.6. The second-order valence-electron chi connectivity index (χ2n) is 5.96. The highest BCUT2D eigenvalue weighted by molar-refractivity contribution is 5.76. The van der Waals surface area contributed by atoms with Gasteiger partial charge in [0.15, 0.2) is 0 Å². The fraction of sp³-hybridized carbons (Fsp3) is 0.211. The van der Waals surface area contributed by atoms with Crippen LogP contribution in [0, 0.1) is 0 Å². The lowest BCUT2D eigenvalue weighted by Crippen LogP contribution is -3.10. The Labute approximate surface area is 128 Å². The first-order valence-corrected chi connectivity index (χ1v) is 7.71. The summed E-state index contributed by atoms with van der Waals surface area (Å²) in [6.07, 6.45) is 2.71. The first kappa shape index (κ1) is 13.3. The fourth-order valence-electron chi connectivity index (χ4n) is 3.30. The summed E-state index contributed by atoms with van der Waals surface area (Å²) < 4.78 is 5.62. The van der Waals surface area contributed by atoms with E-state index in [2.05, 4.69) is 24.3 Å². The van der Waals surface area contributed by atoms with Gasteiger partial charge in [0.1, 0.15) is 24.9 Å².